The zero-order valence-corrected chi connectivity index (χ0v) is 21.5. The lowest BCUT2D eigenvalue weighted by Crippen LogP contribution is -2.51. The number of hydrogen-bond acceptors (Lipinski definition) is 5. The van der Waals surface area contributed by atoms with Crippen LogP contribution < -0.4 is 5.32 Å². The van der Waals surface area contributed by atoms with E-state index >= 15 is 0 Å². The van der Waals surface area contributed by atoms with Gasteiger partial charge >= 0.3 is 0 Å². The number of aryl methyl sites for hydroxylation is 3. The van der Waals surface area contributed by atoms with E-state index < -0.39 is 0 Å². The maximum Gasteiger partial charge on any atom is 0.242 e. The second kappa shape index (κ2) is 10.1. The molecule has 2 amide bonds. The minimum atomic E-state index is -0.0168. The van der Waals surface area contributed by atoms with Crippen LogP contribution in [0.4, 0.5) is 5.69 Å². The van der Waals surface area contributed by atoms with Gasteiger partial charge in [0.2, 0.25) is 11.8 Å². The summed E-state index contributed by atoms with van der Waals surface area (Å²) in [5, 5.41) is 6.13. The Morgan fingerprint density at radius 1 is 1.03 bits per heavy atom. The number of piperazine rings is 1. The summed E-state index contributed by atoms with van der Waals surface area (Å²) in [6, 6.07) is 8.04. The number of anilines is 1. The molecule has 2 aromatic heterocycles. The fourth-order valence-electron chi connectivity index (χ4n) is 4.46. The Morgan fingerprint density at radius 3 is 2.44 bits per heavy atom. The first kappa shape index (κ1) is 24.2. The third-order valence-corrected chi connectivity index (χ3v) is 7.51. The summed E-state index contributed by atoms with van der Waals surface area (Å²) in [5.74, 6) is 0.0965. The molecule has 1 fully saturated rings. The van der Waals surface area contributed by atoms with E-state index in [1.807, 2.05) is 50.8 Å². The van der Waals surface area contributed by atoms with Crippen molar-refractivity contribution in [1.82, 2.24) is 19.4 Å². The number of thiazole rings is 1. The zero-order valence-electron chi connectivity index (χ0n) is 20.6. The lowest BCUT2D eigenvalue weighted by atomic mass is 10.1. The molecule has 0 saturated carbocycles. The summed E-state index contributed by atoms with van der Waals surface area (Å²) in [5.41, 5.74) is 7.31. The van der Waals surface area contributed by atoms with Crippen LogP contribution >= 0.6 is 11.3 Å². The highest BCUT2D eigenvalue weighted by Crippen LogP contribution is 2.28. The van der Waals surface area contributed by atoms with Crippen LogP contribution in [0.2, 0.25) is 0 Å². The smallest absolute Gasteiger partial charge is 0.242 e. The molecule has 0 radical (unpaired) electrons. The molecule has 7 nitrogen and oxygen atoms in total. The van der Waals surface area contributed by atoms with E-state index in [-0.39, 0.29) is 11.8 Å². The van der Waals surface area contributed by atoms with Crippen molar-refractivity contribution in [2.24, 2.45) is 0 Å². The second-order valence-electron chi connectivity index (χ2n) is 9.08. The molecule has 0 aliphatic carbocycles. The minimum Gasteiger partial charge on any atom is -0.339 e. The van der Waals surface area contributed by atoms with Crippen LogP contribution in [0.25, 0.3) is 11.3 Å². The maximum absolute atomic E-state index is 13.1. The van der Waals surface area contributed by atoms with Crippen molar-refractivity contribution in [2.45, 2.75) is 41.2 Å². The first-order valence-corrected chi connectivity index (χ1v) is 12.6. The number of benzene rings is 1. The third-order valence-electron chi connectivity index (χ3n) is 6.73. The van der Waals surface area contributed by atoms with E-state index in [0.717, 1.165) is 44.5 Å². The van der Waals surface area contributed by atoms with Crippen LogP contribution in [0.5, 0.6) is 0 Å². The molecule has 1 aromatic carbocycles. The summed E-state index contributed by atoms with van der Waals surface area (Å²) in [7, 11) is 0. The molecule has 34 heavy (non-hydrogen) atoms. The van der Waals surface area contributed by atoms with Crippen molar-refractivity contribution < 1.29 is 9.59 Å². The molecule has 0 bridgehead atoms. The van der Waals surface area contributed by atoms with Crippen molar-refractivity contribution in [2.75, 3.05) is 38.0 Å². The molecule has 1 N–H and O–H groups in total. The molecule has 180 valence electrons. The number of hydrogen-bond donors (Lipinski definition) is 1. The highest BCUT2D eigenvalue weighted by atomic mass is 32.1. The Bertz CT molecular complexity index is 1200. The van der Waals surface area contributed by atoms with Gasteiger partial charge in [0, 0.05) is 54.2 Å². The number of carbonyl (C=O) groups is 2. The molecular weight excluding hydrogens is 446 g/mol. The summed E-state index contributed by atoms with van der Waals surface area (Å²) in [4.78, 5) is 34.2. The Kier molecular flexibility index (Phi) is 7.19. The van der Waals surface area contributed by atoms with Gasteiger partial charge in [-0.3, -0.25) is 14.5 Å². The molecule has 3 heterocycles. The van der Waals surface area contributed by atoms with Crippen molar-refractivity contribution in [3.63, 3.8) is 0 Å². The van der Waals surface area contributed by atoms with Crippen LogP contribution in [0, 0.1) is 34.6 Å². The normalized spacial score (nSPS) is 14.4. The number of nitrogens with zero attached hydrogens (tertiary/aromatic N) is 4. The third kappa shape index (κ3) is 5.23. The Hall–Kier alpha value is -2.97. The van der Waals surface area contributed by atoms with Gasteiger partial charge < -0.3 is 14.8 Å². The topological polar surface area (TPSA) is 70.5 Å². The van der Waals surface area contributed by atoms with Gasteiger partial charge in [-0.1, -0.05) is 12.1 Å². The van der Waals surface area contributed by atoms with Gasteiger partial charge in [0.1, 0.15) is 6.54 Å². The average molecular weight is 480 g/mol. The van der Waals surface area contributed by atoms with Gasteiger partial charge in [0.15, 0.2) is 0 Å². The predicted molar refractivity (Wildman–Crippen MR) is 137 cm³/mol. The van der Waals surface area contributed by atoms with Gasteiger partial charge in [-0.15, -0.1) is 11.3 Å². The number of amides is 2. The van der Waals surface area contributed by atoms with Gasteiger partial charge in [0.25, 0.3) is 0 Å². The lowest BCUT2D eigenvalue weighted by Gasteiger charge is -2.34. The standard InChI is InChI=1S/C26H33N5O2S/c1-17-7-6-8-23(19(17)3)28-25(32)14-29-9-11-30(12-10-29)26(33)15-31-18(2)13-22(20(31)4)24-16-34-21(5)27-24/h6-8,13,16H,9-12,14-15H2,1-5H3,(H,28,32). The van der Waals surface area contributed by atoms with Gasteiger partial charge in [-0.25, -0.2) is 4.98 Å². The zero-order chi connectivity index (χ0) is 24.4. The molecule has 3 aromatic rings. The van der Waals surface area contributed by atoms with Crippen LogP contribution in [0.15, 0.2) is 29.6 Å². The van der Waals surface area contributed by atoms with E-state index in [9.17, 15) is 9.59 Å². The van der Waals surface area contributed by atoms with Crippen LogP contribution in [-0.4, -0.2) is 63.9 Å². The Morgan fingerprint density at radius 2 is 1.76 bits per heavy atom. The fraction of sp³-hybridized carbons (Fsp3) is 0.423. The molecule has 8 heteroatoms. The van der Waals surface area contributed by atoms with E-state index in [1.54, 1.807) is 11.3 Å². The number of aromatic nitrogens is 2. The largest absolute Gasteiger partial charge is 0.339 e. The van der Waals surface area contributed by atoms with Gasteiger partial charge in [-0.05, 0) is 57.9 Å². The van der Waals surface area contributed by atoms with Gasteiger partial charge in [0.05, 0.1) is 17.2 Å². The summed E-state index contributed by atoms with van der Waals surface area (Å²) in [6.07, 6.45) is 0. The molecule has 0 spiro atoms. The van der Waals surface area contributed by atoms with E-state index in [2.05, 4.69) is 38.1 Å². The van der Waals surface area contributed by atoms with E-state index in [4.69, 9.17) is 0 Å². The summed E-state index contributed by atoms with van der Waals surface area (Å²) in [6.45, 7) is 13.5. The predicted octanol–water partition coefficient (Wildman–Crippen LogP) is 3.94. The number of carbonyl (C=O) groups excluding carboxylic acids is 2. The van der Waals surface area contributed by atoms with E-state index in [1.165, 1.54) is 0 Å². The Balaban J connectivity index is 1.31. The monoisotopic (exact) mass is 479 g/mol. The van der Waals surface area contributed by atoms with Crippen molar-refractivity contribution in [3.8, 4) is 11.3 Å². The highest BCUT2D eigenvalue weighted by Gasteiger charge is 2.24. The molecule has 0 unspecified atom stereocenters. The molecule has 4 rings (SSSR count). The molecular formula is C26H33N5O2S. The maximum atomic E-state index is 13.1. The minimum absolute atomic E-state index is 0.0168. The van der Waals surface area contributed by atoms with Gasteiger partial charge in [-0.2, -0.15) is 0 Å². The Labute approximate surface area is 205 Å². The van der Waals surface area contributed by atoms with Crippen LogP contribution in [0.3, 0.4) is 0 Å². The second-order valence-corrected chi connectivity index (χ2v) is 10.1. The molecule has 1 aliphatic heterocycles. The average Bonchev–Trinajstić information content (AvgIpc) is 3.35. The molecule has 1 saturated heterocycles. The van der Waals surface area contributed by atoms with Crippen molar-refractivity contribution in [3.05, 3.63) is 57.2 Å². The quantitative estimate of drug-likeness (QED) is 0.582. The van der Waals surface area contributed by atoms with Crippen LogP contribution in [0.1, 0.15) is 27.5 Å². The first-order valence-electron chi connectivity index (χ1n) is 11.7. The first-order chi connectivity index (χ1) is 16.2. The van der Waals surface area contributed by atoms with Crippen LogP contribution in [-0.2, 0) is 16.1 Å². The lowest BCUT2D eigenvalue weighted by molar-refractivity contribution is -0.133. The summed E-state index contributed by atoms with van der Waals surface area (Å²) >= 11 is 1.64. The van der Waals surface area contributed by atoms with Crippen molar-refractivity contribution >= 4 is 28.8 Å². The number of rotatable bonds is 6. The SMILES string of the molecule is Cc1nc(-c2cc(C)n(CC(=O)N3CCN(CC(=O)Nc4cccc(C)c4C)CC3)c2C)cs1. The highest BCUT2D eigenvalue weighted by molar-refractivity contribution is 7.09. The molecule has 0 atom stereocenters. The van der Waals surface area contributed by atoms with E-state index in [0.29, 0.717) is 39.3 Å². The summed E-state index contributed by atoms with van der Waals surface area (Å²) < 4.78 is 2.08. The van der Waals surface area contributed by atoms with Crippen molar-refractivity contribution in [1.29, 1.82) is 0 Å². The molecule has 1 aliphatic rings. The fourth-order valence-corrected chi connectivity index (χ4v) is 5.07. The number of nitrogens with one attached hydrogen (secondary N) is 1.